The highest BCUT2D eigenvalue weighted by Gasteiger charge is 2.38. The molecule has 17 heavy (non-hydrogen) atoms. The maximum atomic E-state index is 5.30. The van der Waals surface area contributed by atoms with Crippen molar-refractivity contribution in [3.63, 3.8) is 0 Å². The molecule has 0 amide bonds. The zero-order valence-electron chi connectivity index (χ0n) is 10.8. The Morgan fingerprint density at radius 1 is 1.18 bits per heavy atom. The van der Waals surface area contributed by atoms with Crippen LogP contribution in [0.3, 0.4) is 0 Å². The molecule has 0 aromatic heterocycles. The number of nitrogens with one attached hydrogen (secondary N) is 1. The lowest BCUT2D eigenvalue weighted by atomic mass is 10.1. The van der Waals surface area contributed by atoms with E-state index in [1.807, 2.05) is 6.07 Å². The summed E-state index contributed by atoms with van der Waals surface area (Å²) in [5, 5.41) is 3.40. The van der Waals surface area contributed by atoms with Gasteiger partial charge in [0, 0.05) is 6.07 Å². The Labute approximate surface area is 103 Å². The fourth-order valence-corrected chi connectivity index (χ4v) is 2.25. The zero-order chi connectivity index (χ0) is 12.3. The van der Waals surface area contributed by atoms with Gasteiger partial charge in [0.05, 0.1) is 14.2 Å². The third kappa shape index (κ3) is 2.91. The van der Waals surface area contributed by atoms with Gasteiger partial charge in [0.2, 0.25) is 0 Å². The molecule has 94 valence electrons. The van der Waals surface area contributed by atoms with Crippen molar-refractivity contribution in [1.82, 2.24) is 5.32 Å². The van der Waals surface area contributed by atoms with Gasteiger partial charge in [-0.25, -0.2) is 0 Å². The van der Waals surface area contributed by atoms with Crippen molar-refractivity contribution < 1.29 is 9.47 Å². The quantitative estimate of drug-likeness (QED) is 0.821. The van der Waals surface area contributed by atoms with E-state index in [0.717, 1.165) is 30.5 Å². The van der Waals surface area contributed by atoms with E-state index in [2.05, 4.69) is 24.4 Å². The van der Waals surface area contributed by atoms with Gasteiger partial charge in [-0.15, -0.1) is 0 Å². The van der Waals surface area contributed by atoms with Crippen molar-refractivity contribution in [3.05, 3.63) is 23.8 Å². The standard InChI is InChI=1S/C14H21NO2/c1-4-15-9-11-7-14(11)10-5-12(16-2)8-13(6-10)17-3/h5-6,8,11,14-15H,4,7,9H2,1-3H3. The molecular weight excluding hydrogens is 214 g/mol. The predicted molar refractivity (Wildman–Crippen MR) is 68.9 cm³/mol. The van der Waals surface area contributed by atoms with Crippen LogP contribution in [-0.4, -0.2) is 27.3 Å². The summed E-state index contributed by atoms with van der Waals surface area (Å²) in [7, 11) is 3.39. The summed E-state index contributed by atoms with van der Waals surface area (Å²) >= 11 is 0. The van der Waals surface area contributed by atoms with Gasteiger partial charge >= 0.3 is 0 Å². The normalized spacial score (nSPS) is 22.3. The Kier molecular flexibility index (Phi) is 3.89. The second-order valence-corrected chi connectivity index (χ2v) is 4.56. The van der Waals surface area contributed by atoms with Gasteiger partial charge in [0.15, 0.2) is 0 Å². The first kappa shape index (κ1) is 12.2. The molecule has 2 rings (SSSR count). The Balaban J connectivity index is 2.06. The second-order valence-electron chi connectivity index (χ2n) is 4.56. The molecule has 1 saturated carbocycles. The van der Waals surface area contributed by atoms with Crippen LogP contribution in [0, 0.1) is 5.92 Å². The number of rotatable bonds is 6. The molecule has 0 aliphatic heterocycles. The van der Waals surface area contributed by atoms with Crippen LogP contribution in [0.25, 0.3) is 0 Å². The second kappa shape index (κ2) is 5.41. The highest BCUT2D eigenvalue weighted by Crippen LogP contribution is 2.48. The molecule has 2 atom stereocenters. The van der Waals surface area contributed by atoms with E-state index < -0.39 is 0 Å². The van der Waals surface area contributed by atoms with Crippen molar-refractivity contribution >= 4 is 0 Å². The van der Waals surface area contributed by atoms with E-state index in [9.17, 15) is 0 Å². The van der Waals surface area contributed by atoms with Gasteiger partial charge in [-0.05, 0) is 49.0 Å². The first-order chi connectivity index (χ1) is 8.28. The van der Waals surface area contributed by atoms with Crippen LogP contribution in [0.2, 0.25) is 0 Å². The van der Waals surface area contributed by atoms with Crippen molar-refractivity contribution in [1.29, 1.82) is 0 Å². The fourth-order valence-electron chi connectivity index (χ4n) is 2.25. The molecule has 0 bridgehead atoms. The van der Waals surface area contributed by atoms with E-state index in [4.69, 9.17) is 9.47 Å². The van der Waals surface area contributed by atoms with E-state index in [0.29, 0.717) is 5.92 Å². The molecule has 3 heteroatoms. The van der Waals surface area contributed by atoms with Crippen LogP contribution in [0.15, 0.2) is 18.2 Å². The summed E-state index contributed by atoms with van der Waals surface area (Å²) in [4.78, 5) is 0. The zero-order valence-corrected chi connectivity index (χ0v) is 10.8. The van der Waals surface area contributed by atoms with E-state index >= 15 is 0 Å². The Bertz CT molecular complexity index is 356. The molecule has 1 aliphatic carbocycles. The van der Waals surface area contributed by atoms with Gasteiger partial charge in [0.25, 0.3) is 0 Å². The molecule has 2 unspecified atom stereocenters. The average molecular weight is 235 g/mol. The Morgan fingerprint density at radius 3 is 2.35 bits per heavy atom. The number of benzene rings is 1. The molecule has 3 nitrogen and oxygen atoms in total. The maximum absolute atomic E-state index is 5.30. The molecule has 0 radical (unpaired) electrons. The molecule has 0 heterocycles. The van der Waals surface area contributed by atoms with Gasteiger partial charge in [-0.2, -0.15) is 0 Å². The fraction of sp³-hybridized carbons (Fsp3) is 0.571. The summed E-state index contributed by atoms with van der Waals surface area (Å²) in [6.45, 7) is 4.30. The molecule has 1 N–H and O–H groups in total. The molecule has 1 aliphatic rings. The molecule has 1 fully saturated rings. The van der Waals surface area contributed by atoms with Crippen LogP contribution >= 0.6 is 0 Å². The largest absolute Gasteiger partial charge is 0.497 e. The number of hydrogen-bond donors (Lipinski definition) is 1. The van der Waals surface area contributed by atoms with Crippen molar-refractivity contribution in [2.45, 2.75) is 19.3 Å². The Hall–Kier alpha value is -1.22. The summed E-state index contributed by atoms with van der Waals surface area (Å²) in [6, 6.07) is 6.17. The molecule has 1 aromatic carbocycles. The first-order valence-corrected chi connectivity index (χ1v) is 6.22. The van der Waals surface area contributed by atoms with Gasteiger partial charge in [-0.1, -0.05) is 6.92 Å². The molecular formula is C14H21NO2. The lowest BCUT2D eigenvalue weighted by Gasteiger charge is -2.08. The van der Waals surface area contributed by atoms with Crippen molar-refractivity contribution in [3.8, 4) is 11.5 Å². The summed E-state index contributed by atoms with van der Waals surface area (Å²) in [5.41, 5.74) is 1.34. The minimum atomic E-state index is 0.665. The van der Waals surface area contributed by atoms with Crippen molar-refractivity contribution in [2.75, 3.05) is 27.3 Å². The van der Waals surface area contributed by atoms with E-state index in [1.54, 1.807) is 14.2 Å². The summed E-state index contributed by atoms with van der Waals surface area (Å²) < 4.78 is 10.6. The average Bonchev–Trinajstić information content (AvgIpc) is 3.15. The number of ether oxygens (including phenoxy) is 2. The highest BCUT2D eigenvalue weighted by molar-refractivity contribution is 5.42. The number of hydrogen-bond acceptors (Lipinski definition) is 3. The van der Waals surface area contributed by atoms with Crippen LogP contribution in [0.1, 0.15) is 24.8 Å². The molecule has 1 aromatic rings. The lowest BCUT2D eigenvalue weighted by molar-refractivity contribution is 0.393. The minimum absolute atomic E-state index is 0.665. The van der Waals surface area contributed by atoms with Crippen LogP contribution in [-0.2, 0) is 0 Å². The van der Waals surface area contributed by atoms with E-state index in [1.165, 1.54) is 12.0 Å². The van der Waals surface area contributed by atoms with Gasteiger partial charge in [-0.3, -0.25) is 0 Å². The minimum Gasteiger partial charge on any atom is -0.497 e. The van der Waals surface area contributed by atoms with Crippen LogP contribution < -0.4 is 14.8 Å². The number of methoxy groups -OCH3 is 2. The Morgan fingerprint density at radius 2 is 1.82 bits per heavy atom. The molecule has 0 spiro atoms. The first-order valence-electron chi connectivity index (χ1n) is 6.22. The van der Waals surface area contributed by atoms with Gasteiger partial charge in [0.1, 0.15) is 11.5 Å². The monoisotopic (exact) mass is 235 g/mol. The summed E-state index contributed by atoms with van der Waals surface area (Å²) in [6.07, 6.45) is 1.27. The third-order valence-corrected chi connectivity index (χ3v) is 3.38. The highest BCUT2D eigenvalue weighted by atomic mass is 16.5. The predicted octanol–water partition coefficient (Wildman–Crippen LogP) is 2.42. The summed E-state index contributed by atoms with van der Waals surface area (Å²) in [5.74, 6) is 3.20. The lowest BCUT2D eigenvalue weighted by Crippen LogP contribution is -2.16. The smallest absolute Gasteiger partial charge is 0.122 e. The molecule has 0 saturated heterocycles. The van der Waals surface area contributed by atoms with Gasteiger partial charge < -0.3 is 14.8 Å². The maximum Gasteiger partial charge on any atom is 0.122 e. The van der Waals surface area contributed by atoms with Crippen LogP contribution in [0.4, 0.5) is 0 Å². The topological polar surface area (TPSA) is 30.5 Å². The van der Waals surface area contributed by atoms with Crippen molar-refractivity contribution in [2.24, 2.45) is 5.92 Å². The van der Waals surface area contributed by atoms with E-state index in [-0.39, 0.29) is 0 Å². The van der Waals surface area contributed by atoms with Crippen LogP contribution in [0.5, 0.6) is 11.5 Å². The SMILES string of the molecule is CCNCC1CC1c1cc(OC)cc(OC)c1. The third-order valence-electron chi connectivity index (χ3n) is 3.38.